The van der Waals surface area contributed by atoms with E-state index in [1.165, 1.54) is 25.0 Å². The highest BCUT2D eigenvalue weighted by atomic mass is 19.1. The van der Waals surface area contributed by atoms with Crippen molar-refractivity contribution in [3.05, 3.63) is 35.4 Å². The fourth-order valence-corrected chi connectivity index (χ4v) is 3.61. The van der Waals surface area contributed by atoms with E-state index in [4.69, 9.17) is 4.74 Å². The predicted octanol–water partition coefficient (Wildman–Crippen LogP) is 3.57. The maximum atomic E-state index is 13.3. The summed E-state index contributed by atoms with van der Waals surface area (Å²) in [6.07, 6.45) is 4.49. The third-order valence-corrected chi connectivity index (χ3v) is 4.57. The van der Waals surface area contributed by atoms with Crippen molar-refractivity contribution < 1.29 is 13.5 Å². The van der Waals surface area contributed by atoms with E-state index < -0.39 is 11.6 Å². The fourth-order valence-electron chi connectivity index (χ4n) is 3.61. The second-order valence-corrected chi connectivity index (χ2v) is 6.37. The van der Waals surface area contributed by atoms with Gasteiger partial charge in [0.1, 0.15) is 11.6 Å². The van der Waals surface area contributed by atoms with E-state index in [0.29, 0.717) is 24.6 Å². The van der Waals surface area contributed by atoms with Crippen LogP contribution in [0.4, 0.5) is 8.78 Å². The summed E-state index contributed by atoms with van der Waals surface area (Å²) in [5.41, 5.74) is 0.647. The third kappa shape index (κ3) is 2.86. The molecule has 3 atom stereocenters. The zero-order chi connectivity index (χ0) is 14.2. The van der Waals surface area contributed by atoms with E-state index in [0.717, 1.165) is 18.9 Å². The zero-order valence-corrected chi connectivity index (χ0v) is 11.8. The molecule has 3 rings (SSSR count). The van der Waals surface area contributed by atoms with Gasteiger partial charge in [-0.15, -0.1) is 0 Å². The number of morpholine rings is 1. The second-order valence-electron chi connectivity index (χ2n) is 6.37. The lowest BCUT2D eigenvalue weighted by atomic mass is 9.76. The maximum absolute atomic E-state index is 13.3. The van der Waals surface area contributed by atoms with Crippen LogP contribution in [-0.2, 0) is 4.74 Å². The summed E-state index contributed by atoms with van der Waals surface area (Å²) in [7, 11) is 0. The summed E-state index contributed by atoms with van der Waals surface area (Å²) >= 11 is 0. The largest absolute Gasteiger partial charge is 0.370 e. The van der Waals surface area contributed by atoms with Crippen LogP contribution in [0.15, 0.2) is 18.2 Å². The van der Waals surface area contributed by atoms with Crippen molar-refractivity contribution >= 4 is 0 Å². The normalized spacial score (nSPS) is 34.4. The number of ether oxygens (including phenoxy) is 1. The molecule has 4 heteroatoms. The van der Waals surface area contributed by atoms with Gasteiger partial charge < -0.3 is 10.1 Å². The molecule has 20 heavy (non-hydrogen) atoms. The van der Waals surface area contributed by atoms with E-state index in [1.807, 2.05) is 0 Å². The molecule has 1 heterocycles. The van der Waals surface area contributed by atoms with Crippen LogP contribution < -0.4 is 5.32 Å². The van der Waals surface area contributed by atoms with Crippen molar-refractivity contribution in [1.29, 1.82) is 0 Å². The van der Waals surface area contributed by atoms with Crippen molar-refractivity contribution in [3.8, 4) is 0 Å². The molecule has 0 amide bonds. The molecule has 0 aromatic heterocycles. The van der Waals surface area contributed by atoms with Crippen LogP contribution in [-0.4, -0.2) is 18.7 Å². The van der Waals surface area contributed by atoms with Crippen molar-refractivity contribution in [2.45, 2.75) is 44.2 Å². The Kier molecular flexibility index (Phi) is 3.78. The Labute approximate surface area is 118 Å². The molecule has 1 saturated heterocycles. The zero-order valence-electron chi connectivity index (χ0n) is 11.8. The van der Waals surface area contributed by atoms with Crippen LogP contribution in [0.1, 0.15) is 44.3 Å². The van der Waals surface area contributed by atoms with E-state index in [2.05, 4.69) is 12.2 Å². The summed E-state index contributed by atoms with van der Waals surface area (Å²) < 4.78 is 32.5. The number of benzene rings is 1. The molecule has 1 aliphatic carbocycles. The monoisotopic (exact) mass is 281 g/mol. The van der Waals surface area contributed by atoms with Gasteiger partial charge in [0.15, 0.2) is 0 Å². The summed E-state index contributed by atoms with van der Waals surface area (Å²) in [6.45, 7) is 3.52. The Morgan fingerprint density at radius 1 is 1.25 bits per heavy atom. The molecule has 1 spiro atoms. The second kappa shape index (κ2) is 5.41. The maximum Gasteiger partial charge on any atom is 0.126 e. The standard InChI is InChI=1S/C16H21F2NO/c1-11-3-2-4-16(8-11)10-20-15(9-19-16)12-5-13(17)7-14(18)6-12/h5-7,11,15,19H,2-4,8-10H2,1H3. The molecule has 1 aliphatic heterocycles. The minimum absolute atomic E-state index is 0.0695. The Morgan fingerprint density at radius 2 is 2.00 bits per heavy atom. The molecule has 1 saturated carbocycles. The number of nitrogens with one attached hydrogen (secondary N) is 1. The molecule has 2 nitrogen and oxygen atoms in total. The van der Waals surface area contributed by atoms with Crippen LogP contribution >= 0.6 is 0 Å². The topological polar surface area (TPSA) is 21.3 Å². The van der Waals surface area contributed by atoms with E-state index in [1.54, 1.807) is 0 Å². The smallest absolute Gasteiger partial charge is 0.126 e. The molecule has 3 unspecified atom stereocenters. The van der Waals surface area contributed by atoms with E-state index in [9.17, 15) is 8.78 Å². The predicted molar refractivity (Wildman–Crippen MR) is 73.4 cm³/mol. The summed E-state index contributed by atoms with van der Waals surface area (Å²) in [4.78, 5) is 0. The number of hydrogen-bond acceptors (Lipinski definition) is 2. The Morgan fingerprint density at radius 3 is 2.60 bits per heavy atom. The highest BCUT2D eigenvalue weighted by molar-refractivity contribution is 5.21. The average molecular weight is 281 g/mol. The lowest BCUT2D eigenvalue weighted by molar-refractivity contribution is -0.0529. The quantitative estimate of drug-likeness (QED) is 0.849. The van der Waals surface area contributed by atoms with Gasteiger partial charge >= 0.3 is 0 Å². The van der Waals surface area contributed by atoms with Crippen LogP contribution in [0.2, 0.25) is 0 Å². The van der Waals surface area contributed by atoms with Crippen LogP contribution in [0.5, 0.6) is 0 Å². The highest BCUT2D eigenvalue weighted by Gasteiger charge is 2.39. The minimum Gasteiger partial charge on any atom is -0.370 e. The van der Waals surface area contributed by atoms with Crippen LogP contribution in [0.25, 0.3) is 0 Å². The SMILES string of the molecule is CC1CCCC2(COC(c3cc(F)cc(F)c3)CN2)C1. The van der Waals surface area contributed by atoms with E-state index >= 15 is 0 Å². The molecule has 1 aromatic rings. The lowest BCUT2D eigenvalue weighted by Crippen LogP contribution is -2.57. The minimum atomic E-state index is -0.546. The molecule has 1 aromatic carbocycles. The van der Waals surface area contributed by atoms with Gasteiger partial charge in [-0.1, -0.05) is 19.8 Å². The Bertz CT molecular complexity index is 463. The molecule has 1 N–H and O–H groups in total. The summed E-state index contributed by atoms with van der Waals surface area (Å²) in [5, 5.41) is 3.58. The first-order valence-corrected chi connectivity index (χ1v) is 7.39. The summed E-state index contributed by atoms with van der Waals surface area (Å²) in [5.74, 6) is -0.381. The van der Waals surface area contributed by atoms with Gasteiger partial charge in [-0.3, -0.25) is 0 Å². The van der Waals surface area contributed by atoms with Crippen LogP contribution in [0.3, 0.4) is 0 Å². The number of halogens is 2. The lowest BCUT2D eigenvalue weighted by Gasteiger charge is -2.45. The molecule has 2 fully saturated rings. The van der Waals surface area contributed by atoms with Gasteiger partial charge in [-0.2, -0.15) is 0 Å². The van der Waals surface area contributed by atoms with Gasteiger partial charge in [0.2, 0.25) is 0 Å². The third-order valence-electron chi connectivity index (χ3n) is 4.57. The van der Waals surface area contributed by atoms with Gasteiger partial charge in [0.05, 0.1) is 12.7 Å². The number of rotatable bonds is 1. The molecule has 2 aliphatic rings. The van der Waals surface area contributed by atoms with Crippen molar-refractivity contribution in [1.82, 2.24) is 5.32 Å². The highest BCUT2D eigenvalue weighted by Crippen LogP contribution is 2.36. The molecule has 0 bridgehead atoms. The molecular formula is C16H21F2NO. The Hall–Kier alpha value is -1.00. The number of hydrogen-bond donors (Lipinski definition) is 1. The fraction of sp³-hybridized carbons (Fsp3) is 0.625. The first kappa shape index (κ1) is 14.0. The first-order valence-electron chi connectivity index (χ1n) is 7.39. The molecule has 110 valence electrons. The average Bonchev–Trinajstić information content (AvgIpc) is 2.38. The summed E-state index contributed by atoms with van der Waals surface area (Å²) in [6, 6.07) is 3.61. The molecular weight excluding hydrogens is 260 g/mol. The van der Waals surface area contributed by atoms with Gasteiger partial charge in [-0.05, 0) is 36.5 Å². The first-order chi connectivity index (χ1) is 9.56. The van der Waals surface area contributed by atoms with E-state index in [-0.39, 0.29) is 11.6 Å². The molecule has 0 radical (unpaired) electrons. The van der Waals surface area contributed by atoms with Crippen molar-refractivity contribution in [2.75, 3.05) is 13.2 Å². The van der Waals surface area contributed by atoms with Gasteiger partial charge in [-0.25, -0.2) is 8.78 Å². The van der Waals surface area contributed by atoms with Gasteiger partial charge in [0.25, 0.3) is 0 Å². The van der Waals surface area contributed by atoms with Gasteiger partial charge in [0, 0.05) is 18.2 Å². The van der Waals surface area contributed by atoms with Crippen molar-refractivity contribution in [3.63, 3.8) is 0 Å². The Balaban J connectivity index is 1.69. The van der Waals surface area contributed by atoms with Crippen LogP contribution in [0, 0.1) is 17.6 Å². The van der Waals surface area contributed by atoms with Crippen molar-refractivity contribution in [2.24, 2.45) is 5.92 Å².